The lowest BCUT2D eigenvalue weighted by Crippen LogP contribution is -2.13. The molecule has 0 aliphatic heterocycles. The average Bonchev–Trinajstić information content (AvgIpc) is 3.38. The van der Waals surface area contributed by atoms with Gasteiger partial charge in [0.15, 0.2) is 5.69 Å². The molecule has 3 aromatic heterocycles. The number of benzene rings is 1. The van der Waals surface area contributed by atoms with E-state index >= 15 is 0 Å². The number of hydrogen-bond donors (Lipinski definition) is 1. The molecule has 0 fully saturated rings. The highest BCUT2D eigenvalue weighted by Crippen LogP contribution is 2.17. The van der Waals surface area contributed by atoms with E-state index in [2.05, 4.69) is 20.4 Å². The summed E-state index contributed by atoms with van der Waals surface area (Å²) in [6, 6.07) is 11.0. The van der Waals surface area contributed by atoms with Gasteiger partial charge in [-0.15, -0.1) is 0 Å². The minimum atomic E-state index is -0.484. The highest BCUT2D eigenvalue weighted by Gasteiger charge is 2.13. The van der Waals surface area contributed by atoms with Crippen LogP contribution in [0.1, 0.15) is 16.3 Å². The third-order valence-electron chi connectivity index (χ3n) is 4.21. The van der Waals surface area contributed by atoms with Crippen molar-refractivity contribution < 1.29 is 9.72 Å². The Kier molecular flexibility index (Phi) is 4.57. The average molecular weight is 389 g/mol. The summed E-state index contributed by atoms with van der Waals surface area (Å²) in [5.74, 6) is 1.08. The zero-order valence-corrected chi connectivity index (χ0v) is 15.3. The summed E-state index contributed by atoms with van der Waals surface area (Å²) in [6.45, 7) is 1.87. The van der Waals surface area contributed by atoms with E-state index in [0.717, 1.165) is 5.82 Å². The number of amides is 1. The maximum absolute atomic E-state index is 12.5. The van der Waals surface area contributed by atoms with Crippen LogP contribution in [-0.4, -0.2) is 35.1 Å². The first-order valence-electron chi connectivity index (χ1n) is 8.59. The Morgan fingerprint density at radius 3 is 2.69 bits per heavy atom. The van der Waals surface area contributed by atoms with Crippen molar-refractivity contribution >= 4 is 17.3 Å². The van der Waals surface area contributed by atoms with Crippen LogP contribution in [0.15, 0.2) is 67.3 Å². The number of rotatable bonds is 5. The molecule has 0 saturated carbocycles. The largest absolute Gasteiger partial charge is 0.319 e. The molecule has 3 heterocycles. The van der Waals surface area contributed by atoms with Crippen LogP contribution in [0, 0.1) is 17.0 Å². The lowest BCUT2D eigenvalue weighted by atomic mass is 10.3. The molecule has 0 aliphatic carbocycles. The number of nitro benzene ring substituents is 1. The molecule has 10 nitrogen and oxygen atoms in total. The van der Waals surface area contributed by atoms with Crippen LogP contribution < -0.4 is 5.32 Å². The maximum Gasteiger partial charge on any atom is 0.276 e. The molecule has 0 spiro atoms. The van der Waals surface area contributed by atoms with Crippen molar-refractivity contribution in [2.24, 2.45) is 0 Å². The highest BCUT2D eigenvalue weighted by atomic mass is 16.6. The van der Waals surface area contributed by atoms with Crippen molar-refractivity contribution in [2.45, 2.75) is 6.92 Å². The first kappa shape index (κ1) is 18.0. The van der Waals surface area contributed by atoms with Gasteiger partial charge in [0, 0.05) is 30.7 Å². The van der Waals surface area contributed by atoms with Gasteiger partial charge in [-0.05, 0) is 31.2 Å². The number of imidazole rings is 1. The van der Waals surface area contributed by atoms with Crippen molar-refractivity contribution in [1.29, 1.82) is 0 Å². The van der Waals surface area contributed by atoms with Crippen LogP contribution >= 0.6 is 0 Å². The van der Waals surface area contributed by atoms with Crippen molar-refractivity contribution in [1.82, 2.24) is 24.3 Å². The van der Waals surface area contributed by atoms with E-state index < -0.39 is 10.8 Å². The molecule has 1 N–H and O–H groups in total. The number of carbonyl (C=O) groups is 1. The summed E-state index contributed by atoms with van der Waals surface area (Å²) in [4.78, 5) is 31.4. The molecule has 0 bridgehead atoms. The van der Waals surface area contributed by atoms with Gasteiger partial charge in [0.2, 0.25) is 0 Å². The Hall–Kier alpha value is -4.34. The number of nitrogens with one attached hydrogen (secondary N) is 1. The number of hydrogen-bond acceptors (Lipinski definition) is 6. The summed E-state index contributed by atoms with van der Waals surface area (Å²) in [6.07, 6.45) is 6.60. The van der Waals surface area contributed by atoms with Crippen LogP contribution in [0.25, 0.3) is 11.5 Å². The Morgan fingerprint density at radius 2 is 2.00 bits per heavy atom. The Bertz CT molecular complexity index is 1190. The van der Waals surface area contributed by atoms with E-state index in [1.54, 1.807) is 49.1 Å². The molecule has 0 radical (unpaired) electrons. The topological polar surface area (TPSA) is 121 Å². The van der Waals surface area contributed by atoms with E-state index in [0.29, 0.717) is 17.2 Å². The lowest BCUT2D eigenvalue weighted by molar-refractivity contribution is -0.384. The van der Waals surface area contributed by atoms with Crippen molar-refractivity contribution in [3.63, 3.8) is 0 Å². The number of aromatic nitrogens is 5. The molecule has 144 valence electrons. The molecule has 29 heavy (non-hydrogen) atoms. The molecule has 4 rings (SSSR count). The fraction of sp³-hybridized carbons (Fsp3) is 0.0526. The third kappa shape index (κ3) is 3.72. The molecule has 0 atom stereocenters. The maximum atomic E-state index is 12.5. The van der Waals surface area contributed by atoms with E-state index in [9.17, 15) is 14.9 Å². The second-order valence-electron chi connectivity index (χ2n) is 6.13. The number of nitrogens with zero attached hydrogens (tertiary/aromatic N) is 6. The highest BCUT2D eigenvalue weighted by molar-refractivity contribution is 6.02. The summed E-state index contributed by atoms with van der Waals surface area (Å²) in [7, 11) is 0. The molecular formula is C19H15N7O3. The van der Waals surface area contributed by atoms with Gasteiger partial charge in [-0.3, -0.25) is 19.5 Å². The van der Waals surface area contributed by atoms with Crippen molar-refractivity contribution in [3.05, 3.63) is 88.9 Å². The summed E-state index contributed by atoms with van der Waals surface area (Å²) in [5.41, 5.74) is 1.12. The summed E-state index contributed by atoms with van der Waals surface area (Å²) >= 11 is 0. The smallest absolute Gasteiger partial charge is 0.276 e. The zero-order valence-electron chi connectivity index (χ0n) is 15.3. The molecule has 0 aliphatic rings. The fourth-order valence-electron chi connectivity index (χ4n) is 2.76. The quantitative estimate of drug-likeness (QED) is 0.414. The number of carbonyl (C=O) groups excluding carboxylic acids is 1. The van der Waals surface area contributed by atoms with Gasteiger partial charge in [-0.1, -0.05) is 6.07 Å². The molecule has 0 unspecified atom stereocenters. The minimum Gasteiger partial charge on any atom is -0.319 e. The second-order valence-corrected chi connectivity index (χ2v) is 6.13. The normalized spacial score (nSPS) is 10.7. The number of nitro groups is 1. The molecule has 0 saturated heterocycles. The predicted octanol–water partition coefficient (Wildman–Crippen LogP) is 2.92. The molecule has 1 amide bonds. The first-order chi connectivity index (χ1) is 14.0. The van der Waals surface area contributed by atoms with Gasteiger partial charge in [0.25, 0.3) is 11.6 Å². The SMILES string of the molecule is Cc1nccn1-c1ccc(NC(=O)c2ccn(-c3cccc([N+](=O)[O-])c3)n2)cn1. The summed E-state index contributed by atoms with van der Waals surface area (Å²) < 4.78 is 3.23. The molecule has 1 aromatic carbocycles. The number of anilines is 1. The Morgan fingerprint density at radius 1 is 1.14 bits per heavy atom. The van der Waals surface area contributed by atoms with Crippen LogP contribution in [-0.2, 0) is 0 Å². The van der Waals surface area contributed by atoms with Gasteiger partial charge < -0.3 is 5.32 Å². The van der Waals surface area contributed by atoms with Crippen LogP contribution in [0.5, 0.6) is 0 Å². The number of pyridine rings is 1. The lowest BCUT2D eigenvalue weighted by Gasteiger charge is -2.06. The molecule has 10 heteroatoms. The van der Waals surface area contributed by atoms with E-state index in [1.807, 2.05) is 11.5 Å². The second kappa shape index (κ2) is 7.35. The third-order valence-corrected chi connectivity index (χ3v) is 4.21. The first-order valence-corrected chi connectivity index (χ1v) is 8.59. The van der Waals surface area contributed by atoms with Gasteiger partial charge in [0.05, 0.1) is 22.5 Å². The summed E-state index contributed by atoms with van der Waals surface area (Å²) in [5, 5.41) is 17.8. The zero-order chi connectivity index (χ0) is 20.4. The fourth-order valence-corrected chi connectivity index (χ4v) is 2.76. The molecular weight excluding hydrogens is 374 g/mol. The Labute approximate surface area is 164 Å². The van der Waals surface area contributed by atoms with Gasteiger partial charge in [-0.25, -0.2) is 14.6 Å². The minimum absolute atomic E-state index is 0.0525. The Balaban J connectivity index is 1.49. The van der Waals surface area contributed by atoms with Crippen molar-refractivity contribution in [2.75, 3.05) is 5.32 Å². The number of aryl methyl sites for hydroxylation is 1. The predicted molar refractivity (Wildman–Crippen MR) is 104 cm³/mol. The standard InChI is InChI=1S/C19H15N7O3/c1-13-20-8-10-24(13)18-6-5-14(12-21-18)22-19(27)17-7-9-25(23-17)15-3-2-4-16(11-15)26(28)29/h2-12H,1H3,(H,22,27). The van der Waals surface area contributed by atoms with Crippen molar-refractivity contribution in [3.8, 4) is 11.5 Å². The van der Waals surface area contributed by atoms with E-state index in [1.165, 1.54) is 22.9 Å². The van der Waals surface area contributed by atoms with Gasteiger partial charge >= 0.3 is 0 Å². The van der Waals surface area contributed by atoms with E-state index in [-0.39, 0.29) is 11.4 Å². The van der Waals surface area contributed by atoms with Crippen LogP contribution in [0.4, 0.5) is 11.4 Å². The number of non-ortho nitro benzene ring substituents is 1. The molecule has 4 aromatic rings. The monoisotopic (exact) mass is 389 g/mol. The van der Waals surface area contributed by atoms with Crippen LogP contribution in [0.2, 0.25) is 0 Å². The van der Waals surface area contributed by atoms with Crippen LogP contribution in [0.3, 0.4) is 0 Å². The van der Waals surface area contributed by atoms with Gasteiger partial charge in [0.1, 0.15) is 11.6 Å². The van der Waals surface area contributed by atoms with E-state index in [4.69, 9.17) is 0 Å². The van der Waals surface area contributed by atoms with Gasteiger partial charge in [-0.2, -0.15) is 5.10 Å².